The summed E-state index contributed by atoms with van der Waals surface area (Å²) in [6.45, 7) is 1.85. The number of nitrogens with one attached hydrogen (secondary N) is 3. The van der Waals surface area contributed by atoms with Crippen LogP contribution in [0.1, 0.15) is 25.8 Å². The van der Waals surface area contributed by atoms with Gasteiger partial charge in [0.15, 0.2) is 11.0 Å². The van der Waals surface area contributed by atoms with Crippen molar-refractivity contribution in [2.75, 3.05) is 5.32 Å². The Labute approximate surface area is 173 Å². The van der Waals surface area contributed by atoms with Crippen LogP contribution in [0, 0.1) is 0 Å². The zero-order valence-corrected chi connectivity index (χ0v) is 17.1. The van der Waals surface area contributed by atoms with Crippen LogP contribution in [0.2, 0.25) is 0 Å². The van der Waals surface area contributed by atoms with Gasteiger partial charge in [0, 0.05) is 11.7 Å². The molecule has 0 bridgehead atoms. The Bertz CT molecular complexity index is 1240. The Morgan fingerprint density at radius 3 is 2.86 bits per heavy atom. The number of nitrogens with zero attached hydrogens (tertiary/aromatic N) is 3. The molecule has 1 amide bonds. The van der Waals surface area contributed by atoms with Crippen molar-refractivity contribution in [2.45, 2.75) is 36.2 Å². The Balaban J connectivity index is 1.33. The van der Waals surface area contributed by atoms with Crippen LogP contribution in [0.25, 0.3) is 21.7 Å². The highest BCUT2D eigenvalue weighted by atomic mass is 32.2. The molecule has 1 fully saturated rings. The van der Waals surface area contributed by atoms with Gasteiger partial charge in [-0.15, -0.1) is 21.5 Å². The van der Waals surface area contributed by atoms with E-state index in [-0.39, 0.29) is 16.8 Å². The number of aromatic amines is 2. The highest BCUT2D eigenvalue weighted by Gasteiger charge is 2.31. The van der Waals surface area contributed by atoms with Gasteiger partial charge < -0.3 is 15.3 Å². The molecule has 1 saturated carbocycles. The number of imidazole rings is 1. The van der Waals surface area contributed by atoms with Gasteiger partial charge in [0.1, 0.15) is 0 Å². The Kier molecular flexibility index (Phi) is 4.51. The molecule has 1 atom stereocenters. The highest BCUT2D eigenvalue weighted by Crippen LogP contribution is 2.42. The third kappa shape index (κ3) is 3.60. The summed E-state index contributed by atoms with van der Waals surface area (Å²) in [5, 5.41) is 14.1. The van der Waals surface area contributed by atoms with Gasteiger partial charge >= 0.3 is 5.69 Å². The standard InChI is InChI=1S/C19H18N6O2S2/c1-10(17(26)20-11-4-7-13-14(9-11)22-18(27)21-13)29-19-24-23-16(15-3-2-8-28-15)25(19)12-5-6-12/h2-4,7-10,12H,5-6H2,1H3,(H,20,26)(H2,21,22,27)/t10-/m0/s1. The highest BCUT2D eigenvalue weighted by molar-refractivity contribution is 8.00. The van der Waals surface area contributed by atoms with Crippen LogP contribution < -0.4 is 11.0 Å². The van der Waals surface area contributed by atoms with Gasteiger partial charge in [-0.1, -0.05) is 17.8 Å². The van der Waals surface area contributed by atoms with Crippen molar-refractivity contribution < 1.29 is 4.79 Å². The lowest BCUT2D eigenvalue weighted by Crippen LogP contribution is -2.23. The summed E-state index contributed by atoms with van der Waals surface area (Å²) in [4.78, 5) is 30.6. The monoisotopic (exact) mass is 426 g/mol. The summed E-state index contributed by atoms with van der Waals surface area (Å²) in [5.41, 5.74) is 1.72. The first-order chi connectivity index (χ1) is 14.1. The summed E-state index contributed by atoms with van der Waals surface area (Å²) in [7, 11) is 0. The van der Waals surface area contributed by atoms with Crippen LogP contribution in [0.3, 0.4) is 0 Å². The molecular weight excluding hydrogens is 408 g/mol. The van der Waals surface area contributed by atoms with Gasteiger partial charge in [-0.05, 0) is 49.4 Å². The number of thioether (sulfide) groups is 1. The molecule has 1 aromatic carbocycles. The largest absolute Gasteiger partial charge is 0.325 e. The second-order valence-electron chi connectivity index (χ2n) is 6.97. The summed E-state index contributed by atoms with van der Waals surface area (Å²) in [6, 6.07) is 9.72. The maximum absolute atomic E-state index is 12.7. The van der Waals surface area contributed by atoms with Crippen molar-refractivity contribution in [2.24, 2.45) is 0 Å². The molecule has 5 rings (SSSR count). The minimum Gasteiger partial charge on any atom is -0.325 e. The van der Waals surface area contributed by atoms with Crippen LogP contribution in [0.15, 0.2) is 45.7 Å². The normalized spacial score (nSPS) is 14.9. The van der Waals surface area contributed by atoms with Crippen molar-refractivity contribution in [1.29, 1.82) is 0 Å². The number of aromatic nitrogens is 5. The van der Waals surface area contributed by atoms with Crippen molar-refractivity contribution in [1.82, 2.24) is 24.7 Å². The number of H-pyrrole nitrogens is 2. The number of fused-ring (bicyclic) bond motifs is 1. The fraction of sp³-hybridized carbons (Fsp3) is 0.263. The van der Waals surface area contributed by atoms with Crippen LogP contribution in [0.4, 0.5) is 5.69 Å². The molecule has 3 heterocycles. The fourth-order valence-corrected chi connectivity index (χ4v) is 4.78. The second-order valence-corrected chi connectivity index (χ2v) is 9.23. The van der Waals surface area contributed by atoms with Crippen LogP contribution >= 0.6 is 23.1 Å². The van der Waals surface area contributed by atoms with Gasteiger partial charge in [-0.3, -0.25) is 9.36 Å². The van der Waals surface area contributed by atoms with E-state index in [0.29, 0.717) is 22.8 Å². The number of amides is 1. The molecular formula is C19H18N6O2S2. The number of hydrogen-bond acceptors (Lipinski definition) is 6. The maximum Gasteiger partial charge on any atom is 0.323 e. The quantitative estimate of drug-likeness (QED) is 0.408. The second kappa shape index (κ2) is 7.20. The summed E-state index contributed by atoms with van der Waals surface area (Å²) < 4.78 is 2.16. The minimum absolute atomic E-state index is 0.129. The van der Waals surface area contributed by atoms with E-state index in [4.69, 9.17) is 0 Å². The number of carbonyl (C=O) groups excluding carboxylic acids is 1. The SMILES string of the molecule is C[C@H](Sc1nnc(-c2cccs2)n1C1CC1)C(=O)Nc1ccc2[nH]c(=O)[nH]c2c1. The molecule has 8 nitrogen and oxygen atoms in total. The average Bonchev–Trinajstić information content (AvgIpc) is 3.08. The number of thiophene rings is 1. The van der Waals surface area contributed by atoms with E-state index in [1.807, 2.05) is 24.4 Å². The van der Waals surface area contributed by atoms with Crippen LogP contribution in [-0.4, -0.2) is 35.9 Å². The molecule has 148 valence electrons. The van der Waals surface area contributed by atoms with Crippen molar-refractivity contribution in [3.63, 3.8) is 0 Å². The van der Waals surface area contributed by atoms with E-state index in [1.165, 1.54) is 11.8 Å². The van der Waals surface area contributed by atoms with Crippen LogP contribution in [-0.2, 0) is 4.79 Å². The molecule has 0 spiro atoms. The molecule has 4 aromatic rings. The Morgan fingerprint density at radius 2 is 2.10 bits per heavy atom. The lowest BCUT2D eigenvalue weighted by Gasteiger charge is -2.13. The number of anilines is 1. The minimum atomic E-state index is -0.353. The first-order valence-corrected chi connectivity index (χ1v) is 11.0. The van der Waals surface area contributed by atoms with E-state index in [1.54, 1.807) is 29.5 Å². The molecule has 29 heavy (non-hydrogen) atoms. The van der Waals surface area contributed by atoms with E-state index in [2.05, 4.69) is 30.0 Å². The third-order valence-electron chi connectivity index (χ3n) is 4.75. The molecule has 3 N–H and O–H groups in total. The number of carbonyl (C=O) groups is 1. The van der Waals surface area contributed by atoms with Crippen LogP contribution in [0.5, 0.6) is 0 Å². The fourth-order valence-electron chi connectivity index (χ4n) is 3.16. The summed E-state index contributed by atoms with van der Waals surface area (Å²) in [5.74, 6) is 0.745. The van der Waals surface area contributed by atoms with Gasteiger partial charge in [0.25, 0.3) is 0 Å². The predicted molar refractivity (Wildman–Crippen MR) is 114 cm³/mol. The Hall–Kier alpha value is -2.85. The van der Waals surface area contributed by atoms with Gasteiger partial charge in [-0.25, -0.2) is 4.79 Å². The molecule has 1 aliphatic carbocycles. The molecule has 0 unspecified atom stereocenters. The van der Waals surface area contributed by atoms with Crippen molar-refractivity contribution in [3.05, 3.63) is 46.2 Å². The van der Waals surface area contributed by atoms with E-state index in [9.17, 15) is 9.59 Å². The lowest BCUT2D eigenvalue weighted by atomic mass is 10.2. The van der Waals surface area contributed by atoms with E-state index < -0.39 is 0 Å². The number of rotatable bonds is 6. The molecule has 1 aliphatic rings. The number of hydrogen-bond donors (Lipinski definition) is 3. The topological polar surface area (TPSA) is 108 Å². The van der Waals surface area contributed by atoms with Crippen molar-refractivity contribution >= 4 is 45.7 Å². The van der Waals surface area contributed by atoms with Gasteiger partial charge in [-0.2, -0.15) is 0 Å². The number of benzene rings is 1. The van der Waals surface area contributed by atoms with Gasteiger partial charge in [0.2, 0.25) is 5.91 Å². The lowest BCUT2D eigenvalue weighted by molar-refractivity contribution is -0.115. The molecule has 10 heteroatoms. The molecule has 0 aliphatic heterocycles. The summed E-state index contributed by atoms with van der Waals surface area (Å²) >= 11 is 3.05. The molecule has 0 saturated heterocycles. The third-order valence-corrected chi connectivity index (χ3v) is 6.68. The molecule has 0 radical (unpaired) electrons. The smallest absolute Gasteiger partial charge is 0.323 e. The molecule has 3 aromatic heterocycles. The van der Waals surface area contributed by atoms with E-state index >= 15 is 0 Å². The van der Waals surface area contributed by atoms with E-state index in [0.717, 1.165) is 28.7 Å². The maximum atomic E-state index is 12.7. The zero-order chi connectivity index (χ0) is 20.0. The summed E-state index contributed by atoms with van der Waals surface area (Å²) in [6.07, 6.45) is 2.22. The first-order valence-electron chi connectivity index (χ1n) is 9.27. The van der Waals surface area contributed by atoms with Crippen molar-refractivity contribution in [3.8, 4) is 10.7 Å². The zero-order valence-electron chi connectivity index (χ0n) is 15.5. The predicted octanol–water partition coefficient (Wildman–Crippen LogP) is 3.63. The van der Waals surface area contributed by atoms with Gasteiger partial charge in [0.05, 0.1) is 21.2 Å². The average molecular weight is 427 g/mol. The first kappa shape index (κ1) is 18.2. The Morgan fingerprint density at radius 1 is 1.28 bits per heavy atom.